The zero-order valence-corrected chi connectivity index (χ0v) is 17.7. The third kappa shape index (κ3) is 3.96. The highest BCUT2D eigenvalue weighted by molar-refractivity contribution is 9.10. The molecule has 2 aromatic carbocycles. The van der Waals surface area contributed by atoms with Crippen LogP contribution in [-0.2, 0) is 11.3 Å². The van der Waals surface area contributed by atoms with Crippen molar-refractivity contribution in [2.24, 2.45) is 0 Å². The average molecular weight is 454 g/mol. The van der Waals surface area contributed by atoms with Crippen LogP contribution in [0.2, 0.25) is 0 Å². The summed E-state index contributed by atoms with van der Waals surface area (Å²) >= 11 is 3.45. The number of aromatic nitrogens is 2. The number of halogens is 1. The van der Waals surface area contributed by atoms with E-state index in [1.54, 1.807) is 23.1 Å². The minimum Gasteiger partial charge on any atom is -0.488 e. The lowest BCUT2D eigenvalue weighted by atomic mass is 10.1. The monoisotopic (exact) mass is 453 g/mol. The highest BCUT2D eigenvalue weighted by Gasteiger charge is 2.25. The van der Waals surface area contributed by atoms with Gasteiger partial charge in [0.25, 0.3) is 11.5 Å². The molecule has 0 radical (unpaired) electrons. The molecule has 0 atom stereocenters. The van der Waals surface area contributed by atoms with Crippen molar-refractivity contribution in [2.45, 2.75) is 26.4 Å². The Morgan fingerprint density at radius 2 is 2.07 bits per heavy atom. The molecule has 2 heterocycles. The Balaban J connectivity index is 1.65. The molecule has 1 N–H and O–H groups in total. The Hall–Kier alpha value is -2.93. The quantitative estimate of drug-likeness (QED) is 0.649. The molecule has 3 aromatic rings. The SMILES string of the molecule is CC(C)N(Cc1nc2ccccc2c(=O)[nH]1)C(=O)C1=Cc2cc(Br)ccc2OC1. The molecule has 0 fully saturated rings. The molecule has 0 unspecified atom stereocenters. The second-order valence-electron chi connectivity index (χ2n) is 7.20. The maximum Gasteiger partial charge on any atom is 0.258 e. The predicted octanol–water partition coefficient (Wildman–Crippen LogP) is 3.90. The van der Waals surface area contributed by atoms with Crippen LogP contribution in [0.3, 0.4) is 0 Å². The number of amides is 1. The van der Waals surface area contributed by atoms with Crippen molar-refractivity contribution < 1.29 is 9.53 Å². The van der Waals surface area contributed by atoms with Crippen LogP contribution in [0, 0.1) is 0 Å². The van der Waals surface area contributed by atoms with Gasteiger partial charge in [-0.15, -0.1) is 0 Å². The summed E-state index contributed by atoms with van der Waals surface area (Å²) in [5, 5.41) is 0.532. The number of rotatable bonds is 4. The van der Waals surface area contributed by atoms with E-state index in [2.05, 4.69) is 25.9 Å². The van der Waals surface area contributed by atoms with Gasteiger partial charge in [-0.05, 0) is 50.3 Å². The third-order valence-corrected chi connectivity index (χ3v) is 5.32. The molecule has 4 rings (SSSR count). The summed E-state index contributed by atoms with van der Waals surface area (Å²) in [7, 11) is 0. The highest BCUT2D eigenvalue weighted by atomic mass is 79.9. The molecule has 148 valence electrons. The van der Waals surface area contributed by atoms with E-state index in [1.165, 1.54) is 0 Å². The van der Waals surface area contributed by atoms with E-state index in [0.29, 0.717) is 22.3 Å². The molecule has 1 aromatic heterocycles. The van der Waals surface area contributed by atoms with Crippen molar-refractivity contribution in [1.82, 2.24) is 14.9 Å². The van der Waals surface area contributed by atoms with E-state index in [0.717, 1.165) is 15.8 Å². The third-order valence-electron chi connectivity index (χ3n) is 4.83. The van der Waals surface area contributed by atoms with Crippen molar-refractivity contribution in [3.05, 3.63) is 74.3 Å². The number of nitrogens with one attached hydrogen (secondary N) is 1. The Morgan fingerprint density at radius 3 is 2.86 bits per heavy atom. The molecule has 1 aliphatic heterocycles. The van der Waals surface area contributed by atoms with E-state index >= 15 is 0 Å². The largest absolute Gasteiger partial charge is 0.488 e. The van der Waals surface area contributed by atoms with Gasteiger partial charge in [0.1, 0.15) is 18.2 Å². The number of benzene rings is 2. The number of para-hydroxylation sites is 1. The van der Waals surface area contributed by atoms with Crippen LogP contribution in [-0.4, -0.2) is 33.4 Å². The summed E-state index contributed by atoms with van der Waals surface area (Å²) in [6.07, 6.45) is 1.86. The lowest BCUT2D eigenvalue weighted by Crippen LogP contribution is -2.39. The van der Waals surface area contributed by atoms with Gasteiger partial charge in [-0.25, -0.2) is 4.98 Å². The summed E-state index contributed by atoms with van der Waals surface area (Å²) in [5.74, 6) is 1.07. The van der Waals surface area contributed by atoms with Crippen molar-refractivity contribution >= 4 is 38.8 Å². The van der Waals surface area contributed by atoms with Gasteiger partial charge in [-0.1, -0.05) is 28.1 Å². The zero-order chi connectivity index (χ0) is 20.5. The van der Waals surface area contributed by atoms with Gasteiger partial charge in [0, 0.05) is 16.1 Å². The summed E-state index contributed by atoms with van der Waals surface area (Å²) in [6, 6.07) is 12.8. The Bertz CT molecular complexity index is 1180. The molecule has 0 bridgehead atoms. The fraction of sp³-hybridized carbons (Fsp3) is 0.227. The summed E-state index contributed by atoms with van der Waals surface area (Å²) in [4.78, 5) is 34.6. The lowest BCUT2D eigenvalue weighted by molar-refractivity contribution is -0.129. The van der Waals surface area contributed by atoms with E-state index in [-0.39, 0.29) is 30.7 Å². The first-order valence-corrected chi connectivity index (χ1v) is 10.1. The number of H-pyrrole nitrogens is 1. The summed E-state index contributed by atoms with van der Waals surface area (Å²) < 4.78 is 6.68. The molecule has 1 amide bonds. The number of hydrogen-bond donors (Lipinski definition) is 1. The maximum atomic E-state index is 13.2. The van der Waals surface area contributed by atoms with Gasteiger partial charge >= 0.3 is 0 Å². The van der Waals surface area contributed by atoms with Crippen LogP contribution in [0.5, 0.6) is 5.75 Å². The van der Waals surface area contributed by atoms with Crippen LogP contribution in [0.15, 0.2) is 57.3 Å². The predicted molar refractivity (Wildman–Crippen MR) is 116 cm³/mol. The summed E-state index contributed by atoms with van der Waals surface area (Å²) in [5.41, 5.74) is 1.82. The van der Waals surface area contributed by atoms with Gasteiger partial charge in [0.05, 0.1) is 23.0 Å². The van der Waals surface area contributed by atoms with Crippen LogP contribution in [0.4, 0.5) is 0 Å². The van der Waals surface area contributed by atoms with Gasteiger partial charge in [0.15, 0.2) is 0 Å². The van der Waals surface area contributed by atoms with Crippen molar-refractivity contribution in [3.8, 4) is 5.75 Å². The van der Waals surface area contributed by atoms with Crippen LogP contribution < -0.4 is 10.3 Å². The van der Waals surface area contributed by atoms with Gasteiger partial charge < -0.3 is 14.6 Å². The fourth-order valence-corrected chi connectivity index (χ4v) is 3.70. The lowest BCUT2D eigenvalue weighted by Gasteiger charge is -2.28. The first kappa shape index (κ1) is 19.4. The minimum absolute atomic E-state index is 0.0796. The number of nitrogens with zero attached hydrogens (tertiary/aromatic N) is 2. The van der Waals surface area contributed by atoms with E-state index in [1.807, 2.05) is 44.2 Å². The van der Waals surface area contributed by atoms with Gasteiger partial charge in [-0.3, -0.25) is 9.59 Å². The molecule has 7 heteroatoms. The molecular weight excluding hydrogens is 434 g/mol. The van der Waals surface area contributed by atoms with Crippen molar-refractivity contribution in [2.75, 3.05) is 6.61 Å². The molecule has 6 nitrogen and oxygen atoms in total. The Kier molecular flexibility index (Phi) is 5.24. The van der Waals surface area contributed by atoms with Gasteiger partial charge in [0.2, 0.25) is 0 Å². The number of hydrogen-bond acceptors (Lipinski definition) is 4. The van der Waals surface area contributed by atoms with Crippen molar-refractivity contribution in [1.29, 1.82) is 0 Å². The van der Waals surface area contributed by atoms with Crippen LogP contribution >= 0.6 is 15.9 Å². The average Bonchev–Trinajstić information content (AvgIpc) is 2.71. The number of aromatic amines is 1. The standard InChI is InChI=1S/C22H20BrN3O3/c1-13(2)26(11-20-24-18-6-4-3-5-17(18)21(27)25-20)22(28)15-9-14-10-16(23)7-8-19(14)29-12-15/h3-10,13H,11-12H2,1-2H3,(H,24,25,27). The second-order valence-corrected chi connectivity index (χ2v) is 8.11. The van der Waals surface area contributed by atoms with Crippen LogP contribution in [0.25, 0.3) is 17.0 Å². The molecule has 0 saturated carbocycles. The second kappa shape index (κ2) is 7.83. The molecule has 0 spiro atoms. The Labute approximate surface area is 176 Å². The van der Waals surface area contributed by atoms with E-state index in [4.69, 9.17) is 4.74 Å². The molecular formula is C22H20BrN3O3. The number of carbonyl (C=O) groups excluding carboxylic acids is 1. The number of fused-ring (bicyclic) bond motifs is 2. The zero-order valence-electron chi connectivity index (χ0n) is 16.1. The maximum absolute atomic E-state index is 13.2. The smallest absolute Gasteiger partial charge is 0.258 e. The molecule has 0 aliphatic carbocycles. The number of carbonyl (C=O) groups is 1. The molecule has 1 aliphatic rings. The first-order chi connectivity index (χ1) is 13.9. The first-order valence-electron chi connectivity index (χ1n) is 9.34. The highest BCUT2D eigenvalue weighted by Crippen LogP contribution is 2.30. The normalized spacial score (nSPS) is 13.0. The van der Waals surface area contributed by atoms with E-state index < -0.39 is 0 Å². The van der Waals surface area contributed by atoms with Gasteiger partial charge in [-0.2, -0.15) is 0 Å². The van der Waals surface area contributed by atoms with Crippen LogP contribution in [0.1, 0.15) is 25.2 Å². The molecule has 29 heavy (non-hydrogen) atoms. The molecule has 0 saturated heterocycles. The Morgan fingerprint density at radius 1 is 1.28 bits per heavy atom. The topological polar surface area (TPSA) is 75.3 Å². The van der Waals surface area contributed by atoms with Crippen molar-refractivity contribution in [3.63, 3.8) is 0 Å². The minimum atomic E-state index is -0.208. The number of ether oxygens (including phenoxy) is 1. The van der Waals surface area contributed by atoms with E-state index in [9.17, 15) is 9.59 Å². The fourth-order valence-electron chi connectivity index (χ4n) is 3.32. The summed E-state index contributed by atoms with van der Waals surface area (Å²) in [6.45, 7) is 4.29.